The first-order valence-corrected chi connectivity index (χ1v) is 33.6. The number of unbranched alkanes of at least 4 members (excludes halogenated alkanes) is 43. The Kier molecular flexibility index (Phi) is 62.6. The lowest BCUT2D eigenvalue weighted by molar-refractivity contribution is -0.167. The van der Waals surface area contributed by atoms with Crippen molar-refractivity contribution < 1.29 is 28.6 Å². The van der Waals surface area contributed by atoms with E-state index in [9.17, 15) is 14.4 Å². The van der Waals surface area contributed by atoms with E-state index in [1.165, 1.54) is 225 Å². The number of allylic oxidation sites excluding steroid dienone is 8. The van der Waals surface area contributed by atoms with Crippen LogP contribution in [0.3, 0.4) is 0 Å². The van der Waals surface area contributed by atoms with Gasteiger partial charge in [-0.05, 0) is 57.8 Å². The first kappa shape index (κ1) is 73.4. The number of esters is 3. The smallest absolute Gasteiger partial charge is 0.306 e. The molecule has 444 valence electrons. The van der Waals surface area contributed by atoms with Crippen LogP contribution in [0.1, 0.15) is 361 Å². The molecule has 0 aromatic rings. The average Bonchev–Trinajstić information content (AvgIpc) is 3.42. The van der Waals surface area contributed by atoms with Gasteiger partial charge in [0.1, 0.15) is 13.2 Å². The zero-order chi connectivity index (χ0) is 55.0. The molecule has 1 atom stereocenters. The zero-order valence-electron chi connectivity index (χ0n) is 51.0. The summed E-state index contributed by atoms with van der Waals surface area (Å²) in [6, 6.07) is 0. The predicted molar refractivity (Wildman–Crippen MR) is 330 cm³/mol. The van der Waals surface area contributed by atoms with Gasteiger partial charge < -0.3 is 14.2 Å². The van der Waals surface area contributed by atoms with Gasteiger partial charge in [-0.1, -0.05) is 333 Å². The molecule has 6 heteroatoms. The topological polar surface area (TPSA) is 78.9 Å². The minimum Gasteiger partial charge on any atom is -0.462 e. The van der Waals surface area contributed by atoms with Crippen LogP contribution in [0.15, 0.2) is 48.6 Å². The van der Waals surface area contributed by atoms with Crippen molar-refractivity contribution in [2.75, 3.05) is 13.2 Å². The lowest BCUT2D eigenvalue weighted by atomic mass is 10.0. The molecule has 0 bridgehead atoms. The normalized spacial score (nSPS) is 12.3. The second-order valence-corrected chi connectivity index (χ2v) is 22.7. The first-order valence-electron chi connectivity index (χ1n) is 33.6. The van der Waals surface area contributed by atoms with Crippen molar-refractivity contribution in [2.24, 2.45) is 0 Å². The van der Waals surface area contributed by atoms with Gasteiger partial charge in [-0.25, -0.2) is 0 Å². The van der Waals surface area contributed by atoms with E-state index < -0.39 is 6.10 Å². The van der Waals surface area contributed by atoms with Gasteiger partial charge in [-0.3, -0.25) is 14.4 Å². The highest BCUT2D eigenvalue weighted by Crippen LogP contribution is 2.18. The molecule has 0 spiro atoms. The van der Waals surface area contributed by atoms with Gasteiger partial charge in [0, 0.05) is 19.3 Å². The van der Waals surface area contributed by atoms with Crippen LogP contribution in [0, 0.1) is 0 Å². The van der Waals surface area contributed by atoms with Crippen molar-refractivity contribution in [3.8, 4) is 0 Å². The van der Waals surface area contributed by atoms with Crippen molar-refractivity contribution in [3.63, 3.8) is 0 Å². The third-order valence-corrected chi connectivity index (χ3v) is 15.1. The lowest BCUT2D eigenvalue weighted by Gasteiger charge is -2.18. The van der Waals surface area contributed by atoms with Crippen LogP contribution in [-0.2, 0) is 28.6 Å². The van der Waals surface area contributed by atoms with Crippen molar-refractivity contribution in [1.82, 2.24) is 0 Å². The highest BCUT2D eigenvalue weighted by atomic mass is 16.6. The van der Waals surface area contributed by atoms with E-state index in [1.807, 2.05) is 0 Å². The predicted octanol–water partition coefficient (Wildman–Crippen LogP) is 22.9. The van der Waals surface area contributed by atoms with E-state index >= 15 is 0 Å². The molecule has 6 nitrogen and oxygen atoms in total. The Hall–Kier alpha value is -2.63. The van der Waals surface area contributed by atoms with Gasteiger partial charge in [0.2, 0.25) is 0 Å². The Labute approximate surface area is 473 Å². The molecule has 0 fully saturated rings. The summed E-state index contributed by atoms with van der Waals surface area (Å²) in [4.78, 5) is 38.4. The van der Waals surface area contributed by atoms with Crippen molar-refractivity contribution in [1.29, 1.82) is 0 Å². The summed E-state index contributed by atoms with van der Waals surface area (Å²) in [6.45, 7) is 6.59. The summed E-state index contributed by atoms with van der Waals surface area (Å²) >= 11 is 0. The first-order chi connectivity index (χ1) is 37.5. The molecule has 76 heavy (non-hydrogen) atoms. The van der Waals surface area contributed by atoms with Crippen LogP contribution in [0.5, 0.6) is 0 Å². The number of carbonyl (C=O) groups is 3. The third-order valence-electron chi connectivity index (χ3n) is 15.1. The average molecular weight is 1070 g/mol. The minimum absolute atomic E-state index is 0.0738. The minimum atomic E-state index is -0.779. The molecular weight excluding hydrogens is 937 g/mol. The molecule has 0 saturated heterocycles. The molecule has 0 amide bonds. The molecule has 0 aliphatic rings. The summed E-state index contributed by atoms with van der Waals surface area (Å²) in [6.07, 6.45) is 81.2. The van der Waals surface area contributed by atoms with Crippen molar-refractivity contribution >= 4 is 17.9 Å². The van der Waals surface area contributed by atoms with E-state index in [4.69, 9.17) is 14.2 Å². The SMILES string of the molecule is CC/C=C\C/C=C\C/C=C\C/C=C\CCCCCCCCC(=O)OC(COC(=O)CCCCCCCCCCCCCCCCCCCCC)COC(=O)CCCCCCCCCCCCCCCCCCCCCC. The standard InChI is InChI=1S/C70H128O6/c1-4-7-10-13-16-19-22-25-28-31-34-37-39-42-45-48-51-54-57-60-63-69(72)75-66-67(76-70(73)64-61-58-55-52-49-46-43-40-36-33-30-27-24-21-18-15-12-9-6-3)65-74-68(71)62-59-56-53-50-47-44-41-38-35-32-29-26-23-20-17-14-11-8-5-2/h9,12,18,21,27,30,36,40,67H,4-8,10-11,13-17,19-20,22-26,28-29,31-35,37-39,41-66H2,1-3H3/b12-9-,21-18-,30-27-,40-36-. The van der Waals surface area contributed by atoms with Crippen LogP contribution in [-0.4, -0.2) is 37.2 Å². The Morgan fingerprint density at radius 3 is 0.803 bits per heavy atom. The fourth-order valence-electron chi connectivity index (χ4n) is 10.1. The number of ether oxygens (including phenoxy) is 3. The highest BCUT2D eigenvalue weighted by Gasteiger charge is 2.19. The second-order valence-electron chi connectivity index (χ2n) is 22.7. The number of carbonyl (C=O) groups excluding carboxylic acids is 3. The van der Waals surface area contributed by atoms with E-state index in [2.05, 4.69) is 69.4 Å². The largest absolute Gasteiger partial charge is 0.462 e. The van der Waals surface area contributed by atoms with Crippen molar-refractivity contribution in [2.45, 2.75) is 367 Å². The Morgan fingerprint density at radius 1 is 0.276 bits per heavy atom. The summed E-state index contributed by atoms with van der Waals surface area (Å²) < 4.78 is 17.0. The van der Waals surface area contributed by atoms with Gasteiger partial charge in [0.05, 0.1) is 0 Å². The Bertz CT molecular complexity index is 1310. The fourth-order valence-corrected chi connectivity index (χ4v) is 10.1. The zero-order valence-corrected chi connectivity index (χ0v) is 51.0. The number of hydrogen-bond donors (Lipinski definition) is 0. The quantitative estimate of drug-likeness (QED) is 0.0261. The van der Waals surface area contributed by atoms with E-state index in [1.54, 1.807) is 0 Å². The highest BCUT2D eigenvalue weighted by molar-refractivity contribution is 5.71. The molecule has 0 N–H and O–H groups in total. The third kappa shape index (κ3) is 62.2. The Morgan fingerprint density at radius 2 is 0.513 bits per heavy atom. The molecule has 0 heterocycles. The van der Waals surface area contributed by atoms with Gasteiger partial charge in [-0.2, -0.15) is 0 Å². The summed E-state index contributed by atoms with van der Waals surface area (Å²) in [5, 5.41) is 0. The number of rotatable bonds is 62. The molecule has 0 radical (unpaired) electrons. The van der Waals surface area contributed by atoms with E-state index in [-0.39, 0.29) is 31.1 Å². The monoisotopic (exact) mass is 1060 g/mol. The van der Waals surface area contributed by atoms with E-state index in [0.717, 1.165) is 96.3 Å². The molecular formula is C70H128O6. The molecule has 0 aliphatic carbocycles. The van der Waals surface area contributed by atoms with Crippen LogP contribution in [0.4, 0.5) is 0 Å². The molecule has 0 rings (SSSR count). The second kappa shape index (κ2) is 64.9. The lowest BCUT2D eigenvalue weighted by Crippen LogP contribution is -2.30. The molecule has 0 saturated carbocycles. The summed E-state index contributed by atoms with van der Waals surface area (Å²) in [7, 11) is 0. The number of hydrogen-bond acceptors (Lipinski definition) is 6. The maximum Gasteiger partial charge on any atom is 0.306 e. The van der Waals surface area contributed by atoms with Crippen LogP contribution >= 0.6 is 0 Å². The van der Waals surface area contributed by atoms with Gasteiger partial charge in [0.15, 0.2) is 6.10 Å². The fraction of sp³-hybridized carbons (Fsp3) is 0.843. The van der Waals surface area contributed by atoms with Gasteiger partial charge >= 0.3 is 17.9 Å². The van der Waals surface area contributed by atoms with Crippen LogP contribution in [0.25, 0.3) is 0 Å². The Balaban J connectivity index is 4.34. The molecule has 0 aromatic carbocycles. The maximum absolute atomic E-state index is 12.9. The molecule has 0 aliphatic heterocycles. The maximum atomic E-state index is 12.9. The van der Waals surface area contributed by atoms with E-state index in [0.29, 0.717) is 19.3 Å². The van der Waals surface area contributed by atoms with Gasteiger partial charge in [0.25, 0.3) is 0 Å². The molecule has 0 aromatic heterocycles. The van der Waals surface area contributed by atoms with Crippen LogP contribution in [0.2, 0.25) is 0 Å². The van der Waals surface area contributed by atoms with Crippen molar-refractivity contribution in [3.05, 3.63) is 48.6 Å². The van der Waals surface area contributed by atoms with Crippen LogP contribution < -0.4 is 0 Å². The summed E-state index contributed by atoms with van der Waals surface area (Å²) in [5.74, 6) is -0.860. The van der Waals surface area contributed by atoms with Gasteiger partial charge in [-0.15, -0.1) is 0 Å². The summed E-state index contributed by atoms with van der Waals surface area (Å²) in [5.41, 5.74) is 0. The molecule has 1 unspecified atom stereocenters.